The minimum absolute atomic E-state index is 0.00932. The van der Waals surface area contributed by atoms with E-state index in [1.165, 1.54) is 41.7 Å². The van der Waals surface area contributed by atoms with Gasteiger partial charge in [0.05, 0.1) is 16.8 Å². The van der Waals surface area contributed by atoms with Crippen LogP contribution >= 0.6 is 11.3 Å². The Morgan fingerprint density at radius 3 is 2.75 bits per heavy atom. The number of aromatic nitrogens is 3. The van der Waals surface area contributed by atoms with Crippen molar-refractivity contribution < 1.29 is 23.9 Å². The predicted octanol–water partition coefficient (Wildman–Crippen LogP) is 2.65. The molecule has 10 heteroatoms. The number of phenols is 1. The summed E-state index contributed by atoms with van der Waals surface area (Å²) in [7, 11) is 0. The van der Waals surface area contributed by atoms with Gasteiger partial charge in [0.1, 0.15) is 17.6 Å². The summed E-state index contributed by atoms with van der Waals surface area (Å²) >= 11 is 1.27. The normalized spacial score (nSPS) is 12.2. The van der Waals surface area contributed by atoms with E-state index in [2.05, 4.69) is 20.4 Å². The lowest BCUT2D eigenvalue weighted by atomic mass is 10.2. The quantitative estimate of drug-likeness (QED) is 0.471. The number of rotatable bonds is 5. The molecule has 2 aromatic heterocycles. The van der Waals surface area contributed by atoms with Crippen LogP contribution in [0.1, 0.15) is 22.3 Å². The number of carbonyl (C=O) groups excluding carboxylic acids is 1. The van der Waals surface area contributed by atoms with Crippen molar-refractivity contribution in [2.75, 3.05) is 6.61 Å². The molecule has 0 aliphatic heterocycles. The van der Waals surface area contributed by atoms with Gasteiger partial charge in [0.15, 0.2) is 5.01 Å². The molecule has 0 spiro atoms. The van der Waals surface area contributed by atoms with Gasteiger partial charge in [0.25, 0.3) is 11.8 Å². The average Bonchev–Trinajstić information content (AvgIpc) is 3.33. The number of amides is 1. The van der Waals surface area contributed by atoms with E-state index < -0.39 is 24.4 Å². The maximum atomic E-state index is 13.0. The van der Waals surface area contributed by atoms with Crippen molar-refractivity contribution >= 4 is 27.5 Å². The van der Waals surface area contributed by atoms with E-state index in [0.717, 1.165) is 4.70 Å². The van der Waals surface area contributed by atoms with Crippen LogP contribution in [-0.4, -0.2) is 37.9 Å². The third kappa shape index (κ3) is 3.55. The number of phenolic OH excluding ortho intramolecular Hbond substituents is 1. The summed E-state index contributed by atoms with van der Waals surface area (Å²) in [6, 6.07) is 8.83. The summed E-state index contributed by atoms with van der Waals surface area (Å²) in [5, 5.41) is 26.0. The molecule has 3 N–H and O–H groups in total. The van der Waals surface area contributed by atoms with Crippen molar-refractivity contribution in [1.29, 1.82) is 0 Å². The summed E-state index contributed by atoms with van der Waals surface area (Å²) < 4.78 is 18.9. The second kappa shape index (κ2) is 7.33. The van der Waals surface area contributed by atoms with Crippen molar-refractivity contribution in [2.45, 2.75) is 6.04 Å². The number of halogens is 1. The van der Waals surface area contributed by atoms with Gasteiger partial charge in [-0.2, -0.15) is 4.98 Å². The fourth-order valence-corrected chi connectivity index (χ4v) is 3.43. The molecule has 1 amide bonds. The number of hydrogen-bond donors (Lipinski definition) is 3. The van der Waals surface area contributed by atoms with Gasteiger partial charge in [-0.3, -0.25) is 4.79 Å². The third-order valence-corrected chi connectivity index (χ3v) is 4.91. The largest absolute Gasteiger partial charge is 0.508 e. The molecule has 0 aliphatic rings. The number of nitrogens with one attached hydrogen (secondary N) is 1. The van der Waals surface area contributed by atoms with E-state index in [1.54, 1.807) is 12.1 Å². The fraction of sp³-hybridized carbons (Fsp3) is 0.111. The van der Waals surface area contributed by atoms with Crippen LogP contribution in [0.2, 0.25) is 0 Å². The minimum Gasteiger partial charge on any atom is -0.508 e. The van der Waals surface area contributed by atoms with Crippen molar-refractivity contribution in [3.8, 4) is 16.6 Å². The lowest BCUT2D eigenvalue weighted by molar-refractivity contribution is 0.0901. The van der Waals surface area contributed by atoms with Gasteiger partial charge in [-0.15, -0.1) is 11.3 Å². The van der Waals surface area contributed by atoms with Crippen molar-refractivity contribution in [2.24, 2.45) is 0 Å². The average molecular weight is 400 g/mol. The molecular formula is C18H13FN4O4S. The van der Waals surface area contributed by atoms with Gasteiger partial charge in [-0.05, 0) is 42.5 Å². The van der Waals surface area contributed by atoms with Crippen molar-refractivity contribution in [3.63, 3.8) is 0 Å². The molecule has 4 aromatic rings. The van der Waals surface area contributed by atoms with E-state index in [9.17, 15) is 19.4 Å². The number of benzene rings is 2. The Hall–Kier alpha value is -3.37. The molecule has 0 fully saturated rings. The van der Waals surface area contributed by atoms with Crippen LogP contribution in [0.3, 0.4) is 0 Å². The summed E-state index contributed by atoms with van der Waals surface area (Å²) in [5.74, 6) is -0.643. The third-order valence-electron chi connectivity index (χ3n) is 3.90. The van der Waals surface area contributed by atoms with Gasteiger partial charge >= 0.3 is 0 Å². The fourth-order valence-electron chi connectivity index (χ4n) is 2.50. The number of hydrogen-bond acceptors (Lipinski definition) is 8. The first-order chi connectivity index (χ1) is 13.5. The molecule has 28 heavy (non-hydrogen) atoms. The summed E-state index contributed by atoms with van der Waals surface area (Å²) in [6.07, 6.45) is 0. The Morgan fingerprint density at radius 2 is 2.00 bits per heavy atom. The predicted molar refractivity (Wildman–Crippen MR) is 98.3 cm³/mol. The first kappa shape index (κ1) is 18.0. The Bertz CT molecular complexity index is 1140. The number of carbonyl (C=O) groups is 1. The monoisotopic (exact) mass is 400 g/mol. The van der Waals surface area contributed by atoms with E-state index >= 15 is 0 Å². The van der Waals surface area contributed by atoms with Crippen molar-refractivity contribution in [1.82, 2.24) is 20.4 Å². The van der Waals surface area contributed by atoms with Gasteiger partial charge in [0.2, 0.25) is 5.82 Å². The smallest absolute Gasteiger partial charge is 0.252 e. The maximum absolute atomic E-state index is 13.0. The van der Waals surface area contributed by atoms with Gasteiger partial charge in [-0.25, -0.2) is 9.37 Å². The van der Waals surface area contributed by atoms with Gasteiger partial charge in [-0.1, -0.05) is 5.16 Å². The van der Waals surface area contributed by atoms with Gasteiger partial charge in [0, 0.05) is 5.56 Å². The topological polar surface area (TPSA) is 121 Å². The van der Waals surface area contributed by atoms with Crippen LogP contribution in [0, 0.1) is 5.82 Å². The van der Waals surface area contributed by atoms with E-state index in [4.69, 9.17) is 4.52 Å². The van der Waals surface area contributed by atoms with E-state index in [-0.39, 0.29) is 23.0 Å². The number of thiazole rings is 1. The van der Waals surface area contributed by atoms with E-state index in [0.29, 0.717) is 10.5 Å². The number of aliphatic hydroxyl groups is 1. The summed E-state index contributed by atoms with van der Waals surface area (Å²) in [5.41, 5.74) is 0.901. The number of fused-ring (bicyclic) bond motifs is 1. The summed E-state index contributed by atoms with van der Waals surface area (Å²) in [6.45, 7) is -0.470. The van der Waals surface area contributed by atoms with Crippen LogP contribution in [0.15, 0.2) is 47.0 Å². The molecule has 0 radical (unpaired) electrons. The van der Waals surface area contributed by atoms with Crippen LogP contribution < -0.4 is 5.32 Å². The molecule has 2 heterocycles. The molecule has 0 saturated heterocycles. The highest BCUT2D eigenvalue weighted by Crippen LogP contribution is 2.31. The first-order valence-electron chi connectivity index (χ1n) is 8.14. The molecule has 0 saturated carbocycles. The summed E-state index contributed by atoms with van der Waals surface area (Å²) in [4.78, 5) is 20.8. The van der Waals surface area contributed by atoms with E-state index in [1.807, 2.05) is 0 Å². The highest BCUT2D eigenvalue weighted by molar-refractivity contribution is 7.21. The lowest BCUT2D eigenvalue weighted by Gasteiger charge is -2.12. The van der Waals surface area contributed by atoms with Gasteiger partial charge < -0.3 is 20.1 Å². The zero-order valence-electron chi connectivity index (χ0n) is 14.2. The molecule has 0 bridgehead atoms. The Morgan fingerprint density at radius 1 is 1.21 bits per heavy atom. The Labute approximate surface area is 161 Å². The molecule has 142 valence electrons. The first-order valence-corrected chi connectivity index (χ1v) is 8.96. The standard InChI is InChI=1S/C18H13FN4O4S/c19-10-3-1-9(2-4-10)16(26)20-13(8-24)17-22-15(23-27-17)18-21-12-6-5-11(25)7-14(12)28-18/h1-7,13,24-25H,8H2,(H,20,26). The van der Waals surface area contributed by atoms with Crippen LogP contribution in [0.4, 0.5) is 4.39 Å². The second-order valence-corrected chi connectivity index (χ2v) is 6.87. The van der Waals surface area contributed by atoms with Crippen LogP contribution in [0.25, 0.3) is 21.0 Å². The molecule has 2 aromatic carbocycles. The number of aromatic hydroxyl groups is 1. The minimum atomic E-state index is -0.933. The molecule has 1 atom stereocenters. The lowest BCUT2D eigenvalue weighted by Crippen LogP contribution is -2.31. The number of aliphatic hydroxyl groups excluding tert-OH is 1. The highest BCUT2D eigenvalue weighted by Gasteiger charge is 2.23. The SMILES string of the molecule is O=C(NC(CO)c1nc(-c2nc3ccc(O)cc3s2)no1)c1ccc(F)cc1. The molecule has 4 rings (SSSR count). The second-order valence-electron chi connectivity index (χ2n) is 5.84. The zero-order valence-corrected chi connectivity index (χ0v) is 15.0. The molecule has 8 nitrogen and oxygen atoms in total. The Balaban J connectivity index is 1.55. The Kier molecular flexibility index (Phi) is 4.72. The highest BCUT2D eigenvalue weighted by atomic mass is 32.1. The molecular weight excluding hydrogens is 387 g/mol. The maximum Gasteiger partial charge on any atom is 0.252 e. The van der Waals surface area contributed by atoms with Crippen molar-refractivity contribution in [3.05, 3.63) is 59.7 Å². The number of nitrogens with zero attached hydrogens (tertiary/aromatic N) is 3. The molecule has 0 aliphatic carbocycles. The van der Waals surface area contributed by atoms with Crippen LogP contribution in [-0.2, 0) is 0 Å². The van der Waals surface area contributed by atoms with Crippen LogP contribution in [0.5, 0.6) is 5.75 Å². The zero-order chi connectivity index (χ0) is 19.7. The molecule has 1 unspecified atom stereocenters.